The minimum Gasteiger partial charge on any atom is -0.349 e. The van der Waals surface area contributed by atoms with Crippen molar-refractivity contribution in [2.75, 3.05) is 0 Å². The first-order chi connectivity index (χ1) is 9.54. The van der Waals surface area contributed by atoms with E-state index in [1.54, 1.807) is 0 Å². The summed E-state index contributed by atoms with van der Waals surface area (Å²) in [6.45, 7) is 3.99. The molecule has 2 aromatic carbocycles. The lowest BCUT2D eigenvalue weighted by molar-refractivity contribution is -0.121. The molecule has 0 aliphatic rings. The van der Waals surface area contributed by atoms with Crippen LogP contribution in [-0.2, 0) is 11.2 Å². The highest BCUT2D eigenvalue weighted by molar-refractivity contribution is 6.30. The molecule has 0 aromatic heterocycles. The molecule has 0 aliphatic heterocycles. The highest BCUT2D eigenvalue weighted by atomic mass is 35.5. The summed E-state index contributed by atoms with van der Waals surface area (Å²) in [5, 5.41) is 3.67. The van der Waals surface area contributed by atoms with Crippen molar-refractivity contribution in [2.24, 2.45) is 0 Å². The Hall–Kier alpha value is -1.80. The maximum absolute atomic E-state index is 12.0. The van der Waals surface area contributed by atoms with Crippen LogP contribution in [0.25, 0.3) is 0 Å². The van der Waals surface area contributed by atoms with E-state index in [9.17, 15) is 4.79 Å². The average Bonchev–Trinajstić information content (AvgIpc) is 2.41. The van der Waals surface area contributed by atoms with Gasteiger partial charge in [0.25, 0.3) is 0 Å². The number of carbonyl (C=O) groups is 1. The maximum atomic E-state index is 12.0. The van der Waals surface area contributed by atoms with Gasteiger partial charge < -0.3 is 5.32 Å². The van der Waals surface area contributed by atoms with Gasteiger partial charge in [0.1, 0.15) is 0 Å². The van der Waals surface area contributed by atoms with Crippen LogP contribution in [0.3, 0.4) is 0 Å². The lowest BCUT2D eigenvalue weighted by Crippen LogP contribution is -2.28. The molecule has 0 spiro atoms. The fourth-order valence-electron chi connectivity index (χ4n) is 2.04. The summed E-state index contributed by atoms with van der Waals surface area (Å²) in [5.41, 5.74) is 3.22. The Balaban J connectivity index is 1.95. The van der Waals surface area contributed by atoms with Crippen LogP contribution < -0.4 is 5.32 Å². The fourth-order valence-corrected chi connectivity index (χ4v) is 2.24. The van der Waals surface area contributed by atoms with E-state index < -0.39 is 0 Å². The van der Waals surface area contributed by atoms with Crippen molar-refractivity contribution >= 4 is 17.5 Å². The molecule has 1 unspecified atom stereocenters. The number of aryl methyl sites for hydroxylation is 1. The number of amides is 1. The van der Waals surface area contributed by atoms with Crippen molar-refractivity contribution in [1.29, 1.82) is 0 Å². The monoisotopic (exact) mass is 287 g/mol. The first-order valence-electron chi connectivity index (χ1n) is 6.65. The van der Waals surface area contributed by atoms with E-state index in [2.05, 4.69) is 5.32 Å². The second-order valence-corrected chi connectivity index (χ2v) is 5.44. The molecule has 0 fully saturated rings. The molecule has 0 aliphatic carbocycles. The normalized spacial score (nSPS) is 11.9. The van der Waals surface area contributed by atoms with Gasteiger partial charge in [0.15, 0.2) is 0 Å². The zero-order chi connectivity index (χ0) is 14.5. The van der Waals surface area contributed by atoms with Gasteiger partial charge in [0.2, 0.25) is 5.91 Å². The largest absolute Gasteiger partial charge is 0.349 e. The van der Waals surface area contributed by atoms with Gasteiger partial charge in [0, 0.05) is 5.02 Å². The quantitative estimate of drug-likeness (QED) is 0.902. The third kappa shape index (κ3) is 4.10. The topological polar surface area (TPSA) is 29.1 Å². The first-order valence-corrected chi connectivity index (χ1v) is 7.03. The van der Waals surface area contributed by atoms with E-state index in [0.717, 1.165) is 11.1 Å². The second-order valence-electron chi connectivity index (χ2n) is 5.01. The number of hydrogen-bond donors (Lipinski definition) is 1. The number of benzene rings is 2. The molecule has 2 nitrogen and oxygen atoms in total. The van der Waals surface area contributed by atoms with Crippen LogP contribution in [-0.4, -0.2) is 5.91 Å². The number of nitrogens with one attached hydrogen (secondary N) is 1. The van der Waals surface area contributed by atoms with Crippen LogP contribution in [0.15, 0.2) is 48.5 Å². The smallest absolute Gasteiger partial charge is 0.224 e. The predicted molar refractivity (Wildman–Crippen MR) is 82.9 cm³/mol. The Morgan fingerprint density at radius 2 is 1.90 bits per heavy atom. The summed E-state index contributed by atoms with van der Waals surface area (Å²) < 4.78 is 0. The van der Waals surface area contributed by atoms with Crippen molar-refractivity contribution in [3.05, 3.63) is 70.2 Å². The SMILES string of the molecule is Cc1ccc(CC(=O)NC(C)c2cccc(Cl)c2)cc1. The Labute approximate surface area is 124 Å². The predicted octanol–water partition coefficient (Wildman–Crippen LogP) is 4.07. The molecule has 0 saturated heterocycles. The minimum absolute atomic E-state index is 0.0151. The summed E-state index contributed by atoms with van der Waals surface area (Å²) >= 11 is 5.96. The Morgan fingerprint density at radius 1 is 1.20 bits per heavy atom. The molecule has 0 saturated carbocycles. The third-order valence-corrected chi connectivity index (χ3v) is 3.45. The average molecular weight is 288 g/mol. The van der Waals surface area contributed by atoms with E-state index >= 15 is 0 Å². The maximum Gasteiger partial charge on any atom is 0.224 e. The lowest BCUT2D eigenvalue weighted by Gasteiger charge is -2.14. The van der Waals surface area contributed by atoms with Crippen LogP contribution >= 0.6 is 11.6 Å². The lowest BCUT2D eigenvalue weighted by atomic mass is 10.1. The summed E-state index contributed by atoms with van der Waals surface area (Å²) in [4.78, 5) is 12.0. The van der Waals surface area contributed by atoms with Gasteiger partial charge in [0.05, 0.1) is 12.5 Å². The van der Waals surface area contributed by atoms with Gasteiger partial charge in [-0.3, -0.25) is 4.79 Å². The van der Waals surface area contributed by atoms with Crippen molar-refractivity contribution < 1.29 is 4.79 Å². The van der Waals surface area contributed by atoms with Crippen LogP contribution in [0.1, 0.15) is 29.7 Å². The van der Waals surface area contributed by atoms with Crippen molar-refractivity contribution in [1.82, 2.24) is 5.32 Å². The van der Waals surface area contributed by atoms with E-state index in [-0.39, 0.29) is 11.9 Å². The van der Waals surface area contributed by atoms with Gasteiger partial charge in [-0.15, -0.1) is 0 Å². The second kappa shape index (κ2) is 6.58. The van der Waals surface area contributed by atoms with Crippen molar-refractivity contribution in [3.63, 3.8) is 0 Å². The van der Waals surface area contributed by atoms with E-state index in [1.807, 2.05) is 62.4 Å². The summed E-state index contributed by atoms with van der Waals surface area (Å²) in [6.07, 6.45) is 0.394. The van der Waals surface area contributed by atoms with Crippen LogP contribution in [0.4, 0.5) is 0 Å². The Morgan fingerprint density at radius 3 is 2.55 bits per heavy atom. The summed E-state index contributed by atoms with van der Waals surface area (Å²) in [6, 6.07) is 15.5. The zero-order valence-corrected chi connectivity index (χ0v) is 12.4. The van der Waals surface area contributed by atoms with Crippen molar-refractivity contribution in [3.8, 4) is 0 Å². The molecule has 3 heteroatoms. The molecular formula is C17H18ClNO. The molecule has 20 heavy (non-hydrogen) atoms. The number of halogens is 1. The van der Waals surface area contributed by atoms with Crippen LogP contribution in [0, 0.1) is 6.92 Å². The van der Waals surface area contributed by atoms with Gasteiger partial charge >= 0.3 is 0 Å². The molecule has 0 radical (unpaired) electrons. The van der Waals surface area contributed by atoms with Gasteiger partial charge in [-0.25, -0.2) is 0 Å². The van der Waals surface area contributed by atoms with Crippen LogP contribution in [0.2, 0.25) is 5.02 Å². The molecular weight excluding hydrogens is 270 g/mol. The Kier molecular flexibility index (Phi) is 4.80. The minimum atomic E-state index is -0.0494. The summed E-state index contributed by atoms with van der Waals surface area (Å²) in [5.74, 6) is 0.0151. The third-order valence-electron chi connectivity index (χ3n) is 3.21. The Bertz CT molecular complexity index is 592. The molecule has 1 amide bonds. The van der Waals surface area contributed by atoms with E-state index in [4.69, 9.17) is 11.6 Å². The molecule has 0 heterocycles. The highest BCUT2D eigenvalue weighted by Crippen LogP contribution is 2.17. The number of hydrogen-bond acceptors (Lipinski definition) is 1. The van der Waals surface area contributed by atoms with E-state index in [0.29, 0.717) is 11.4 Å². The standard InChI is InChI=1S/C17H18ClNO/c1-12-6-8-14(9-7-12)10-17(20)19-13(2)15-4-3-5-16(18)11-15/h3-9,11,13H,10H2,1-2H3,(H,19,20). The first kappa shape index (κ1) is 14.6. The van der Waals surface area contributed by atoms with Gasteiger partial charge in [-0.2, -0.15) is 0 Å². The van der Waals surface area contributed by atoms with Crippen LogP contribution in [0.5, 0.6) is 0 Å². The van der Waals surface area contributed by atoms with E-state index in [1.165, 1.54) is 5.56 Å². The summed E-state index contributed by atoms with van der Waals surface area (Å²) in [7, 11) is 0. The fraction of sp³-hybridized carbons (Fsp3) is 0.235. The number of rotatable bonds is 4. The molecule has 0 bridgehead atoms. The molecule has 104 valence electrons. The molecule has 1 atom stereocenters. The van der Waals surface area contributed by atoms with Crippen molar-refractivity contribution in [2.45, 2.75) is 26.3 Å². The molecule has 1 N–H and O–H groups in total. The molecule has 2 aromatic rings. The molecule has 2 rings (SSSR count). The number of carbonyl (C=O) groups excluding carboxylic acids is 1. The van der Waals surface area contributed by atoms with Gasteiger partial charge in [-0.1, -0.05) is 53.6 Å². The zero-order valence-electron chi connectivity index (χ0n) is 11.7. The van der Waals surface area contributed by atoms with Gasteiger partial charge in [-0.05, 0) is 37.1 Å². The highest BCUT2D eigenvalue weighted by Gasteiger charge is 2.10.